The SMILES string of the molecule is CCCCN1C(=O)CC[C@H](C(=O)NC)[C@H]1c1ccccc1OC. The van der Waals surface area contributed by atoms with Gasteiger partial charge in [-0.3, -0.25) is 9.59 Å². The number of carbonyl (C=O) groups is 2. The molecule has 1 N–H and O–H groups in total. The van der Waals surface area contributed by atoms with E-state index in [2.05, 4.69) is 12.2 Å². The molecule has 0 aliphatic carbocycles. The number of piperidine rings is 1. The zero-order valence-corrected chi connectivity index (χ0v) is 14.2. The maximum atomic E-state index is 12.5. The summed E-state index contributed by atoms with van der Waals surface area (Å²) in [4.78, 5) is 26.7. The monoisotopic (exact) mass is 318 g/mol. The van der Waals surface area contributed by atoms with Gasteiger partial charge in [0.05, 0.1) is 19.1 Å². The molecule has 1 aliphatic rings. The molecular formula is C18H26N2O3. The molecule has 1 saturated heterocycles. The average Bonchev–Trinajstić information content (AvgIpc) is 2.59. The van der Waals surface area contributed by atoms with Crippen LogP contribution in [0, 0.1) is 5.92 Å². The van der Waals surface area contributed by atoms with Crippen LogP contribution in [0.2, 0.25) is 0 Å². The Morgan fingerprint density at radius 1 is 1.39 bits per heavy atom. The van der Waals surface area contributed by atoms with Crippen molar-refractivity contribution in [1.29, 1.82) is 0 Å². The molecular weight excluding hydrogens is 292 g/mol. The molecule has 0 bridgehead atoms. The van der Waals surface area contributed by atoms with Crippen molar-refractivity contribution in [2.24, 2.45) is 5.92 Å². The van der Waals surface area contributed by atoms with E-state index in [0.717, 1.165) is 24.2 Å². The Balaban J connectivity index is 2.45. The maximum Gasteiger partial charge on any atom is 0.225 e. The first-order valence-corrected chi connectivity index (χ1v) is 8.28. The lowest BCUT2D eigenvalue weighted by atomic mass is 9.83. The summed E-state index contributed by atoms with van der Waals surface area (Å²) >= 11 is 0. The van der Waals surface area contributed by atoms with Gasteiger partial charge in [-0.2, -0.15) is 0 Å². The van der Waals surface area contributed by atoms with Crippen LogP contribution < -0.4 is 10.1 Å². The van der Waals surface area contributed by atoms with Crippen molar-refractivity contribution < 1.29 is 14.3 Å². The Morgan fingerprint density at radius 2 is 2.13 bits per heavy atom. The third-order valence-corrected chi connectivity index (χ3v) is 4.50. The lowest BCUT2D eigenvalue weighted by Gasteiger charge is -2.41. The van der Waals surface area contributed by atoms with Crippen molar-refractivity contribution in [2.75, 3.05) is 20.7 Å². The summed E-state index contributed by atoms with van der Waals surface area (Å²) in [6.45, 7) is 2.77. The summed E-state index contributed by atoms with van der Waals surface area (Å²) < 4.78 is 5.48. The van der Waals surface area contributed by atoms with Gasteiger partial charge in [0, 0.05) is 25.6 Å². The number of hydrogen-bond acceptors (Lipinski definition) is 3. The number of methoxy groups -OCH3 is 1. The first-order valence-electron chi connectivity index (χ1n) is 8.28. The number of rotatable bonds is 6. The fourth-order valence-electron chi connectivity index (χ4n) is 3.30. The van der Waals surface area contributed by atoms with Crippen LogP contribution in [0.3, 0.4) is 0 Å². The van der Waals surface area contributed by atoms with Crippen LogP contribution in [-0.2, 0) is 9.59 Å². The number of hydrogen-bond donors (Lipinski definition) is 1. The van der Waals surface area contributed by atoms with Crippen LogP contribution >= 0.6 is 0 Å². The van der Waals surface area contributed by atoms with E-state index in [1.165, 1.54) is 0 Å². The molecule has 0 unspecified atom stereocenters. The first kappa shape index (κ1) is 17.3. The van der Waals surface area contributed by atoms with Gasteiger partial charge in [-0.25, -0.2) is 0 Å². The van der Waals surface area contributed by atoms with Gasteiger partial charge in [0.15, 0.2) is 0 Å². The van der Waals surface area contributed by atoms with E-state index < -0.39 is 0 Å². The minimum absolute atomic E-state index is 0.0186. The molecule has 1 fully saturated rings. The Kier molecular flexibility index (Phi) is 6.02. The van der Waals surface area contributed by atoms with Crippen molar-refractivity contribution in [2.45, 2.75) is 38.6 Å². The number of unbranched alkanes of at least 4 members (excludes halogenated alkanes) is 1. The Hall–Kier alpha value is -2.04. The molecule has 1 aromatic carbocycles. The molecule has 126 valence electrons. The Labute approximate surface area is 138 Å². The summed E-state index contributed by atoms with van der Waals surface area (Å²) in [5.41, 5.74) is 0.910. The number of likely N-dealkylation sites (tertiary alicyclic amines) is 1. The highest BCUT2D eigenvalue weighted by Gasteiger charge is 2.41. The second kappa shape index (κ2) is 7.99. The number of amides is 2. The maximum absolute atomic E-state index is 12.5. The summed E-state index contributed by atoms with van der Waals surface area (Å²) in [7, 11) is 3.27. The fourth-order valence-corrected chi connectivity index (χ4v) is 3.30. The highest BCUT2D eigenvalue weighted by Crippen LogP contribution is 2.40. The molecule has 5 heteroatoms. The second-order valence-corrected chi connectivity index (χ2v) is 5.89. The standard InChI is InChI=1S/C18H26N2O3/c1-4-5-12-20-16(21)11-10-14(18(22)19-2)17(20)13-8-6-7-9-15(13)23-3/h6-9,14,17H,4-5,10-12H2,1-3H3,(H,19,22)/t14-,17+/m0/s1. The summed E-state index contributed by atoms with van der Waals surface area (Å²) in [6.07, 6.45) is 2.93. The van der Waals surface area contributed by atoms with Crippen molar-refractivity contribution >= 4 is 11.8 Å². The molecule has 1 aliphatic heterocycles. The van der Waals surface area contributed by atoms with Gasteiger partial charge in [-0.15, -0.1) is 0 Å². The van der Waals surface area contributed by atoms with E-state index in [9.17, 15) is 9.59 Å². The lowest BCUT2D eigenvalue weighted by molar-refractivity contribution is -0.143. The van der Waals surface area contributed by atoms with Gasteiger partial charge in [0.2, 0.25) is 11.8 Å². The first-order chi connectivity index (χ1) is 11.1. The van der Waals surface area contributed by atoms with Gasteiger partial charge in [-0.05, 0) is 18.9 Å². The van der Waals surface area contributed by atoms with E-state index in [4.69, 9.17) is 4.74 Å². The van der Waals surface area contributed by atoms with Gasteiger partial charge in [0.25, 0.3) is 0 Å². The summed E-state index contributed by atoms with van der Waals surface area (Å²) in [6, 6.07) is 7.40. The molecule has 0 saturated carbocycles. The van der Waals surface area contributed by atoms with Crippen molar-refractivity contribution in [3.05, 3.63) is 29.8 Å². The van der Waals surface area contributed by atoms with E-state index in [1.807, 2.05) is 29.2 Å². The van der Waals surface area contributed by atoms with Crippen LogP contribution in [-0.4, -0.2) is 37.4 Å². The third-order valence-electron chi connectivity index (χ3n) is 4.50. The van der Waals surface area contributed by atoms with Crippen LogP contribution in [0.4, 0.5) is 0 Å². The fraction of sp³-hybridized carbons (Fsp3) is 0.556. The van der Waals surface area contributed by atoms with Crippen LogP contribution in [0.15, 0.2) is 24.3 Å². The normalized spacial score (nSPS) is 21.2. The Bertz CT molecular complexity index is 559. The molecule has 0 aromatic heterocycles. The smallest absolute Gasteiger partial charge is 0.225 e. The molecule has 0 spiro atoms. The molecule has 1 heterocycles. The molecule has 1 aromatic rings. The number of ether oxygens (including phenoxy) is 1. The zero-order chi connectivity index (χ0) is 16.8. The van der Waals surface area contributed by atoms with Gasteiger partial charge in [-0.1, -0.05) is 31.5 Å². The molecule has 5 nitrogen and oxygen atoms in total. The van der Waals surface area contributed by atoms with Gasteiger partial charge >= 0.3 is 0 Å². The molecule has 2 atom stereocenters. The van der Waals surface area contributed by atoms with Crippen molar-refractivity contribution in [3.8, 4) is 5.75 Å². The summed E-state index contributed by atoms with van der Waals surface area (Å²) in [5, 5.41) is 2.75. The van der Waals surface area contributed by atoms with Gasteiger partial charge < -0.3 is 15.0 Å². The molecule has 2 rings (SSSR count). The zero-order valence-electron chi connectivity index (χ0n) is 14.2. The highest BCUT2D eigenvalue weighted by molar-refractivity contribution is 5.85. The summed E-state index contributed by atoms with van der Waals surface area (Å²) in [5.74, 6) is 0.581. The minimum Gasteiger partial charge on any atom is -0.496 e. The van der Waals surface area contributed by atoms with E-state index in [-0.39, 0.29) is 23.8 Å². The van der Waals surface area contributed by atoms with Crippen LogP contribution in [0.25, 0.3) is 0 Å². The quantitative estimate of drug-likeness (QED) is 0.877. The average molecular weight is 318 g/mol. The largest absolute Gasteiger partial charge is 0.496 e. The molecule has 23 heavy (non-hydrogen) atoms. The topological polar surface area (TPSA) is 58.6 Å². The van der Waals surface area contributed by atoms with E-state index in [1.54, 1.807) is 14.2 Å². The van der Waals surface area contributed by atoms with Crippen LogP contribution in [0.1, 0.15) is 44.2 Å². The van der Waals surface area contributed by atoms with Crippen molar-refractivity contribution in [1.82, 2.24) is 10.2 Å². The van der Waals surface area contributed by atoms with E-state index in [0.29, 0.717) is 19.4 Å². The Morgan fingerprint density at radius 3 is 2.78 bits per heavy atom. The number of para-hydroxylation sites is 1. The van der Waals surface area contributed by atoms with Crippen LogP contribution in [0.5, 0.6) is 5.75 Å². The number of carbonyl (C=O) groups excluding carboxylic acids is 2. The number of nitrogens with zero attached hydrogens (tertiary/aromatic N) is 1. The van der Waals surface area contributed by atoms with Crippen molar-refractivity contribution in [3.63, 3.8) is 0 Å². The molecule has 2 amide bonds. The lowest BCUT2D eigenvalue weighted by Crippen LogP contribution is -2.48. The number of nitrogens with one attached hydrogen (secondary N) is 1. The predicted octanol–water partition coefficient (Wildman–Crippen LogP) is 2.52. The second-order valence-electron chi connectivity index (χ2n) is 5.89. The third kappa shape index (κ3) is 3.66. The molecule has 0 radical (unpaired) electrons. The minimum atomic E-state index is -0.265. The van der Waals surface area contributed by atoms with Gasteiger partial charge in [0.1, 0.15) is 5.75 Å². The predicted molar refractivity (Wildman–Crippen MR) is 89.1 cm³/mol. The number of benzene rings is 1. The van der Waals surface area contributed by atoms with E-state index >= 15 is 0 Å². The highest BCUT2D eigenvalue weighted by atomic mass is 16.5.